The van der Waals surface area contributed by atoms with Crippen LogP contribution < -0.4 is 0 Å². The van der Waals surface area contributed by atoms with Gasteiger partial charge in [0.1, 0.15) is 5.78 Å². The Balaban J connectivity index is 1.97. The Morgan fingerprint density at radius 2 is 2.00 bits per heavy atom. The molecule has 3 nitrogen and oxygen atoms in total. The average molecular weight is 224 g/mol. The monoisotopic (exact) mass is 224 g/mol. The number of rotatable bonds is 1. The van der Waals surface area contributed by atoms with Crippen molar-refractivity contribution in [3.63, 3.8) is 0 Å². The number of hydrogen-bond acceptors (Lipinski definition) is 3. The van der Waals surface area contributed by atoms with Crippen LogP contribution in [-0.2, 0) is 4.79 Å². The van der Waals surface area contributed by atoms with E-state index in [1.165, 1.54) is 12.8 Å². The van der Waals surface area contributed by atoms with Crippen LogP contribution in [0.15, 0.2) is 0 Å². The standard InChI is InChI=1S/C13H24N2O/c1-11-10-15(9-8-14(11)2)12-6-4-3-5-7-13(12)16/h11-12H,3-10H2,1-2H3. The van der Waals surface area contributed by atoms with Gasteiger partial charge >= 0.3 is 0 Å². The highest BCUT2D eigenvalue weighted by atomic mass is 16.1. The maximum Gasteiger partial charge on any atom is 0.149 e. The van der Waals surface area contributed by atoms with E-state index in [4.69, 9.17) is 0 Å². The van der Waals surface area contributed by atoms with E-state index in [2.05, 4.69) is 23.8 Å². The predicted octanol–water partition coefficient (Wildman–Crippen LogP) is 1.52. The third-order valence-electron chi connectivity index (χ3n) is 4.20. The largest absolute Gasteiger partial charge is 0.301 e. The average Bonchev–Trinajstić information content (AvgIpc) is 2.47. The molecule has 3 heteroatoms. The molecule has 0 aromatic carbocycles. The van der Waals surface area contributed by atoms with Gasteiger partial charge in [0.15, 0.2) is 0 Å². The zero-order valence-corrected chi connectivity index (χ0v) is 10.6. The van der Waals surface area contributed by atoms with Crippen LogP contribution in [0.25, 0.3) is 0 Å². The Bertz CT molecular complexity index is 254. The first-order chi connectivity index (χ1) is 7.68. The Labute approximate surface area is 98.8 Å². The minimum Gasteiger partial charge on any atom is -0.301 e. The van der Waals surface area contributed by atoms with Gasteiger partial charge in [-0.2, -0.15) is 0 Å². The van der Waals surface area contributed by atoms with Crippen molar-refractivity contribution < 1.29 is 4.79 Å². The summed E-state index contributed by atoms with van der Waals surface area (Å²) in [6.07, 6.45) is 5.49. The quantitative estimate of drug-likeness (QED) is 0.631. The molecule has 1 saturated heterocycles. The van der Waals surface area contributed by atoms with Crippen LogP contribution >= 0.6 is 0 Å². The Kier molecular flexibility index (Phi) is 3.98. The smallest absolute Gasteiger partial charge is 0.149 e. The van der Waals surface area contributed by atoms with Gasteiger partial charge < -0.3 is 4.90 Å². The van der Waals surface area contributed by atoms with Crippen LogP contribution in [0.2, 0.25) is 0 Å². The first kappa shape index (κ1) is 12.1. The lowest BCUT2D eigenvalue weighted by atomic mass is 10.0. The third-order valence-corrected chi connectivity index (χ3v) is 4.20. The lowest BCUT2D eigenvalue weighted by Crippen LogP contribution is -2.55. The van der Waals surface area contributed by atoms with Gasteiger partial charge in [-0.1, -0.05) is 12.8 Å². The SMILES string of the molecule is CC1CN(C2CCCCCC2=O)CCN1C. The molecule has 1 aliphatic carbocycles. The highest BCUT2D eigenvalue weighted by Gasteiger charge is 2.31. The van der Waals surface area contributed by atoms with Crippen LogP contribution in [0.5, 0.6) is 0 Å². The molecule has 0 N–H and O–H groups in total. The summed E-state index contributed by atoms with van der Waals surface area (Å²) in [6, 6.07) is 0.823. The van der Waals surface area contributed by atoms with Crippen molar-refractivity contribution in [2.24, 2.45) is 0 Å². The van der Waals surface area contributed by atoms with Gasteiger partial charge in [0.2, 0.25) is 0 Å². The fourth-order valence-electron chi connectivity index (χ4n) is 2.89. The van der Waals surface area contributed by atoms with Gasteiger partial charge in [0, 0.05) is 32.1 Å². The maximum absolute atomic E-state index is 12.0. The van der Waals surface area contributed by atoms with Crippen molar-refractivity contribution >= 4 is 5.78 Å². The summed E-state index contributed by atoms with van der Waals surface area (Å²) in [5.41, 5.74) is 0. The second-order valence-electron chi connectivity index (χ2n) is 5.41. The molecule has 2 atom stereocenters. The summed E-state index contributed by atoms with van der Waals surface area (Å²) in [6.45, 7) is 5.49. The van der Waals surface area contributed by atoms with Crippen LogP contribution in [0.3, 0.4) is 0 Å². The number of ketones is 1. The molecule has 2 fully saturated rings. The summed E-state index contributed by atoms with van der Waals surface area (Å²) >= 11 is 0. The summed E-state index contributed by atoms with van der Waals surface area (Å²) in [5, 5.41) is 0. The second kappa shape index (κ2) is 5.28. The van der Waals surface area contributed by atoms with E-state index in [1.54, 1.807) is 0 Å². The summed E-state index contributed by atoms with van der Waals surface area (Å²) in [4.78, 5) is 16.9. The third kappa shape index (κ3) is 2.64. The lowest BCUT2D eigenvalue weighted by molar-refractivity contribution is -0.125. The van der Waals surface area contributed by atoms with E-state index in [-0.39, 0.29) is 6.04 Å². The first-order valence-corrected chi connectivity index (χ1v) is 6.65. The van der Waals surface area contributed by atoms with Gasteiger partial charge in [0.05, 0.1) is 6.04 Å². The van der Waals surface area contributed by atoms with Crippen molar-refractivity contribution in [2.45, 2.75) is 51.1 Å². The molecule has 0 spiro atoms. The first-order valence-electron chi connectivity index (χ1n) is 6.65. The number of piperazine rings is 1. The molecule has 0 radical (unpaired) electrons. The van der Waals surface area contributed by atoms with E-state index >= 15 is 0 Å². The van der Waals surface area contributed by atoms with Gasteiger partial charge in [0.25, 0.3) is 0 Å². The molecule has 92 valence electrons. The molecule has 2 rings (SSSR count). The number of Topliss-reactive ketones (excluding diaryl/α,β-unsaturated/α-hetero) is 1. The molecular formula is C13H24N2O. The number of hydrogen-bond donors (Lipinski definition) is 0. The van der Waals surface area contributed by atoms with Crippen molar-refractivity contribution in [2.75, 3.05) is 26.7 Å². The topological polar surface area (TPSA) is 23.6 Å². The highest BCUT2D eigenvalue weighted by molar-refractivity contribution is 5.84. The summed E-state index contributed by atoms with van der Waals surface area (Å²) in [7, 11) is 2.18. The highest BCUT2D eigenvalue weighted by Crippen LogP contribution is 2.21. The van der Waals surface area contributed by atoms with Crippen molar-refractivity contribution in [3.8, 4) is 0 Å². The van der Waals surface area contributed by atoms with E-state index in [0.717, 1.165) is 38.9 Å². The zero-order chi connectivity index (χ0) is 11.5. The molecule has 0 aromatic rings. The molecule has 16 heavy (non-hydrogen) atoms. The predicted molar refractivity (Wildman–Crippen MR) is 65.5 cm³/mol. The van der Waals surface area contributed by atoms with Crippen LogP contribution in [0.4, 0.5) is 0 Å². The minimum atomic E-state index is 0.235. The number of carbonyl (C=O) groups excluding carboxylic acids is 1. The maximum atomic E-state index is 12.0. The van der Waals surface area contributed by atoms with E-state index in [9.17, 15) is 4.79 Å². The number of carbonyl (C=O) groups is 1. The molecule has 0 bridgehead atoms. The lowest BCUT2D eigenvalue weighted by Gasteiger charge is -2.41. The molecule has 1 heterocycles. The fraction of sp³-hybridized carbons (Fsp3) is 0.923. The number of nitrogens with zero attached hydrogens (tertiary/aromatic N) is 2. The van der Waals surface area contributed by atoms with Crippen molar-refractivity contribution in [3.05, 3.63) is 0 Å². The fourth-order valence-corrected chi connectivity index (χ4v) is 2.89. The molecule has 2 unspecified atom stereocenters. The molecule has 2 aliphatic rings. The molecule has 1 saturated carbocycles. The number of likely N-dealkylation sites (N-methyl/N-ethyl adjacent to an activating group) is 1. The summed E-state index contributed by atoms with van der Waals surface area (Å²) in [5.74, 6) is 0.495. The molecule has 0 amide bonds. The normalized spacial score (nSPS) is 35.0. The van der Waals surface area contributed by atoms with E-state index < -0.39 is 0 Å². The molecular weight excluding hydrogens is 200 g/mol. The summed E-state index contributed by atoms with van der Waals surface area (Å²) < 4.78 is 0. The van der Waals surface area contributed by atoms with Gasteiger partial charge in [-0.05, 0) is 26.8 Å². The second-order valence-corrected chi connectivity index (χ2v) is 5.41. The Morgan fingerprint density at radius 1 is 1.19 bits per heavy atom. The van der Waals surface area contributed by atoms with Gasteiger partial charge in [-0.3, -0.25) is 9.69 Å². The van der Waals surface area contributed by atoms with Gasteiger partial charge in [-0.25, -0.2) is 0 Å². The van der Waals surface area contributed by atoms with E-state index in [1.807, 2.05) is 0 Å². The van der Waals surface area contributed by atoms with Crippen molar-refractivity contribution in [1.82, 2.24) is 9.80 Å². The van der Waals surface area contributed by atoms with Gasteiger partial charge in [-0.15, -0.1) is 0 Å². The molecule has 0 aromatic heterocycles. The van der Waals surface area contributed by atoms with Crippen LogP contribution in [0, 0.1) is 0 Å². The van der Waals surface area contributed by atoms with Crippen LogP contribution in [0.1, 0.15) is 39.0 Å². The zero-order valence-electron chi connectivity index (χ0n) is 10.6. The van der Waals surface area contributed by atoms with E-state index in [0.29, 0.717) is 11.8 Å². The van der Waals surface area contributed by atoms with Crippen molar-refractivity contribution in [1.29, 1.82) is 0 Å². The Hall–Kier alpha value is -0.410. The minimum absolute atomic E-state index is 0.235. The van der Waals surface area contributed by atoms with Crippen LogP contribution in [-0.4, -0.2) is 54.3 Å². The molecule has 1 aliphatic heterocycles. The Morgan fingerprint density at radius 3 is 2.75 bits per heavy atom.